The second-order valence-electron chi connectivity index (χ2n) is 5.52. The number of hydrogen-bond donors (Lipinski definition) is 1. The maximum atomic E-state index is 9.86. The smallest absolute Gasteiger partial charge is 0.0592 e. The van der Waals surface area contributed by atoms with Crippen molar-refractivity contribution in [2.45, 2.75) is 58.6 Å². The summed E-state index contributed by atoms with van der Waals surface area (Å²) in [7, 11) is 0. The number of hydrogen-bond acceptors (Lipinski definition) is 2. The van der Waals surface area contributed by atoms with Crippen molar-refractivity contribution in [1.82, 2.24) is 4.90 Å². The molecule has 1 N–H and O–H groups in total. The van der Waals surface area contributed by atoms with E-state index < -0.39 is 0 Å². The van der Waals surface area contributed by atoms with Crippen molar-refractivity contribution in [3.8, 4) is 0 Å². The van der Waals surface area contributed by atoms with Crippen LogP contribution in [0.25, 0.3) is 0 Å². The fourth-order valence-corrected chi connectivity index (χ4v) is 2.28. The molecule has 0 amide bonds. The average Bonchev–Trinajstić information content (AvgIpc) is 2.07. The molecule has 1 saturated heterocycles. The topological polar surface area (TPSA) is 23.5 Å². The summed E-state index contributed by atoms with van der Waals surface area (Å²) in [5, 5.41) is 9.86. The first-order chi connectivity index (χ1) is 6.45. The zero-order chi connectivity index (χ0) is 10.8. The van der Waals surface area contributed by atoms with Gasteiger partial charge in [-0.05, 0) is 39.5 Å². The first-order valence-electron chi connectivity index (χ1n) is 5.88. The maximum Gasteiger partial charge on any atom is 0.0592 e. The lowest BCUT2D eigenvalue weighted by atomic mass is 9.88. The van der Waals surface area contributed by atoms with Gasteiger partial charge < -0.3 is 5.11 Å². The predicted octanol–water partition coefficient (Wildman–Crippen LogP) is 2.27. The summed E-state index contributed by atoms with van der Waals surface area (Å²) >= 11 is 0. The van der Waals surface area contributed by atoms with Gasteiger partial charge in [0.05, 0.1) is 6.10 Å². The third-order valence-corrected chi connectivity index (χ3v) is 3.30. The molecule has 1 aliphatic rings. The molecule has 14 heavy (non-hydrogen) atoms. The van der Waals surface area contributed by atoms with Crippen molar-refractivity contribution in [2.75, 3.05) is 13.1 Å². The Morgan fingerprint density at radius 3 is 2.50 bits per heavy atom. The second kappa shape index (κ2) is 4.63. The van der Waals surface area contributed by atoms with Crippen LogP contribution >= 0.6 is 0 Å². The Labute approximate surface area is 88.3 Å². The molecule has 1 aliphatic heterocycles. The number of piperidine rings is 1. The van der Waals surface area contributed by atoms with Crippen molar-refractivity contribution in [3.63, 3.8) is 0 Å². The highest BCUT2D eigenvalue weighted by atomic mass is 16.3. The normalized spacial score (nSPS) is 30.6. The molecule has 0 spiro atoms. The van der Waals surface area contributed by atoms with Crippen molar-refractivity contribution in [2.24, 2.45) is 5.92 Å². The SMILES string of the molecule is CCC[C@@H]1CN(C(C)(C)C)CC[C@H]1O. The number of likely N-dealkylation sites (tertiary alicyclic amines) is 1. The molecule has 0 saturated carbocycles. The van der Waals surface area contributed by atoms with E-state index in [1.165, 1.54) is 6.42 Å². The van der Waals surface area contributed by atoms with Gasteiger partial charge in [-0.3, -0.25) is 4.90 Å². The van der Waals surface area contributed by atoms with Gasteiger partial charge in [-0.25, -0.2) is 0 Å². The van der Waals surface area contributed by atoms with E-state index >= 15 is 0 Å². The number of aliphatic hydroxyl groups excluding tert-OH is 1. The Hall–Kier alpha value is -0.0800. The lowest BCUT2D eigenvalue weighted by Gasteiger charge is -2.43. The van der Waals surface area contributed by atoms with Gasteiger partial charge >= 0.3 is 0 Å². The quantitative estimate of drug-likeness (QED) is 0.737. The molecule has 2 atom stereocenters. The van der Waals surface area contributed by atoms with Gasteiger partial charge in [0.1, 0.15) is 0 Å². The Kier molecular flexibility index (Phi) is 3.96. The number of nitrogens with zero attached hydrogens (tertiary/aromatic N) is 1. The second-order valence-corrected chi connectivity index (χ2v) is 5.52. The van der Waals surface area contributed by atoms with Crippen molar-refractivity contribution in [3.05, 3.63) is 0 Å². The molecule has 0 aliphatic carbocycles. The largest absolute Gasteiger partial charge is 0.393 e. The average molecular weight is 199 g/mol. The summed E-state index contributed by atoms with van der Waals surface area (Å²) in [6.07, 6.45) is 3.23. The molecule has 0 aromatic rings. The summed E-state index contributed by atoms with van der Waals surface area (Å²) in [6, 6.07) is 0. The van der Waals surface area contributed by atoms with E-state index in [0.717, 1.165) is 25.9 Å². The minimum Gasteiger partial charge on any atom is -0.393 e. The van der Waals surface area contributed by atoms with Gasteiger partial charge in [-0.2, -0.15) is 0 Å². The van der Waals surface area contributed by atoms with Crippen LogP contribution in [0.2, 0.25) is 0 Å². The molecule has 1 rings (SSSR count). The maximum absolute atomic E-state index is 9.86. The van der Waals surface area contributed by atoms with Crippen LogP contribution < -0.4 is 0 Å². The third-order valence-electron chi connectivity index (χ3n) is 3.30. The number of aliphatic hydroxyl groups is 1. The van der Waals surface area contributed by atoms with Gasteiger partial charge in [-0.1, -0.05) is 13.3 Å². The van der Waals surface area contributed by atoms with E-state index in [4.69, 9.17) is 0 Å². The van der Waals surface area contributed by atoms with E-state index in [1.807, 2.05) is 0 Å². The van der Waals surface area contributed by atoms with E-state index in [9.17, 15) is 5.11 Å². The first kappa shape index (κ1) is 12.0. The van der Waals surface area contributed by atoms with E-state index in [1.54, 1.807) is 0 Å². The first-order valence-corrected chi connectivity index (χ1v) is 5.88. The molecule has 1 fully saturated rings. The summed E-state index contributed by atoms with van der Waals surface area (Å²) < 4.78 is 0. The van der Waals surface area contributed by atoms with Crippen LogP contribution in [0.3, 0.4) is 0 Å². The molecule has 0 aromatic heterocycles. The van der Waals surface area contributed by atoms with Gasteiger partial charge in [-0.15, -0.1) is 0 Å². The predicted molar refractivity (Wildman–Crippen MR) is 60.3 cm³/mol. The lowest BCUT2D eigenvalue weighted by Crippen LogP contribution is -2.51. The highest BCUT2D eigenvalue weighted by Crippen LogP contribution is 2.26. The fourth-order valence-electron chi connectivity index (χ4n) is 2.28. The monoisotopic (exact) mass is 199 g/mol. The molecule has 84 valence electrons. The van der Waals surface area contributed by atoms with Crippen LogP contribution in [0, 0.1) is 5.92 Å². The molecule has 0 unspecified atom stereocenters. The van der Waals surface area contributed by atoms with Crippen molar-refractivity contribution >= 4 is 0 Å². The molecular weight excluding hydrogens is 174 g/mol. The van der Waals surface area contributed by atoms with E-state index in [-0.39, 0.29) is 11.6 Å². The van der Waals surface area contributed by atoms with Gasteiger partial charge in [0.15, 0.2) is 0 Å². The van der Waals surface area contributed by atoms with Crippen LogP contribution in [0.1, 0.15) is 47.0 Å². The summed E-state index contributed by atoms with van der Waals surface area (Å²) in [6.45, 7) is 11.1. The van der Waals surface area contributed by atoms with Crippen LogP contribution in [0.4, 0.5) is 0 Å². The number of rotatable bonds is 2. The Morgan fingerprint density at radius 2 is 2.00 bits per heavy atom. The highest BCUT2D eigenvalue weighted by Gasteiger charge is 2.32. The standard InChI is InChI=1S/C12H25NO/c1-5-6-10-9-13(12(2,3)4)8-7-11(10)14/h10-11,14H,5-9H2,1-4H3/t10-,11-/m1/s1. The molecule has 0 bridgehead atoms. The molecular formula is C12H25NO. The minimum absolute atomic E-state index is 0.0615. The van der Waals surface area contributed by atoms with Crippen LogP contribution in [-0.4, -0.2) is 34.7 Å². The highest BCUT2D eigenvalue weighted by molar-refractivity contribution is 4.86. The molecule has 1 heterocycles. The Balaban J connectivity index is 2.53. The summed E-state index contributed by atoms with van der Waals surface area (Å²) in [4.78, 5) is 2.50. The fraction of sp³-hybridized carbons (Fsp3) is 1.00. The van der Waals surface area contributed by atoms with Crippen molar-refractivity contribution < 1.29 is 5.11 Å². The van der Waals surface area contributed by atoms with Crippen molar-refractivity contribution in [1.29, 1.82) is 0 Å². The minimum atomic E-state index is -0.0615. The molecule has 0 aromatic carbocycles. The molecule has 0 radical (unpaired) electrons. The Morgan fingerprint density at radius 1 is 1.36 bits per heavy atom. The molecule has 2 nitrogen and oxygen atoms in total. The zero-order valence-corrected chi connectivity index (χ0v) is 10.1. The van der Waals surface area contributed by atoms with Gasteiger partial charge in [0, 0.05) is 18.6 Å². The Bertz CT molecular complexity index is 174. The van der Waals surface area contributed by atoms with Gasteiger partial charge in [0.25, 0.3) is 0 Å². The zero-order valence-electron chi connectivity index (χ0n) is 10.1. The summed E-state index contributed by atoms with van der Waals surface area (Å²) in [5.41, 5.74) is 0.256. The molecule has 2 heteroatoms. The van der Waals surface area contributed by atoms with E-state index in [2.05, 4.69) is 32.6 Å². The van der Waals surface area contributed by atoms with Crippen LogP contribution in [0.5, 0.6) is 0 Å². The van der Waals surface area contributed by atoms with Gasteiger partial charge in [0.2, 0.25) is 0 Å². The van der Waals surface area contributed by atoms with Crippen LogP contribution in [-0.2, 0) is 0 Å². The lowest BCUT2D eigenvalue weighted by molar-refractivity contribution is -0.0112. The summed E-state index contributed by atoms with van der Waals surface area (Å²) in [5.74, 6) is 0.493. The van der Waals surface area contributed by atoms with Crippen LogP contribution in [0.15, 0.2) is 0 Å². The van der Waals surface area contributed by atoms with E-state index in [0.29, 0.717) is 5.92 Å². The third kappa shape index (κ3) is 2.96.